The molecule has 2 rings (SSSR count). The Morgan fingerprint density at radius 1 is 1.05 bits per heavy atom. The number of nitrogens with one attached hydrogen (secondary N) is 2. The molecule has 0 bridgehead atoms. The zero-order valence-electron chi connectivity index (χ0n) is 12.1. The molecule has 116 valence electrons. The maximum absolute atomic E-state index is 11.8. The molecule has 0 fully saturated rings. The highest BCUT2D eigenvalue weighted by atomic mass is 79.9. The summed E-state index contributed by atoms with van der Waals surface area (Å²) in [5.74, 6) is 1.44. The van der Waals surface area contributed by atoms with Crippen LogP contribution in [0.25, 0.3) is 0 Å². The highest BCUT2D eigenvalue weighted by Gasteiger charge is 2.04. The van der Waals surface area contributed by atoms with E-state index < -0.39 is 0 Å². The van der Waals surface area contributed by atoms with E-state index in [0.29, 0.717) is 18.0 Å². The molecule has 0 atom stereocenters. The first-order valence-corrected chi connectivity index (χ1v) is 7.63. The second-order valence-corrected chi connectivity index (χ2v) is 5.16. The lowest BCUT2D eigenvalue weighted by Gasteiger charge is -2.10. The highest BCUT2D eigenvalue weighted by molar-refractivity contribution is 9.10. The third-order valence-electron chi connectivity index (χ3n) is 2.73. The monoisotopic (exact) mass is 364 g/mol. The predicted molar refractivity (Wildman–Crippen MR) is 89.4 cm³/mol. The Morgan fingerprint density at radius 3 is 2.32 bits per heavy atom. The standard InChI is InChI=1S/C16H17BrN2O3/c1-2-21-12-7-9-13(10-8-12)22-11-18-16(20)19-15-6-4-3-5-14(15)17/h3-10H,2,11H2,1H3,(H2,18,19,20). The summed E-state index contributed by atoms with van der Waals surface area (Å²) in [7, 11) is 0. The number of amides is 2. The summed E-state index contributed by atoms with van der Waals surface area (Å²) in [6.45, 7) is 2.62. The van der Waals surface area contributed by atoms with Crippen molar-refractivity contribution in [1.82, 2.24) is 5.32 Å². The average molecular weight is 365 g/mol. The minimum absolute atomic E-state index is 0.0737. The molecule has 0 spiro atoms. The Hall–Kier alpha value is -2.21. The topological polar surface area (TPSA) is 59.6 Å². The van der Waals surface area contributed by atoms with E-state index in [1.54, 1.807) is 18.2 Å². The molecule has 0 heterocycles. The number of ether oxygens (including phenoxy) is 2. The van der Waals surface area contributed by atoms with Gasteiger partial charge >= 0.3 is 6.03 Å². The molecule has 0 radical (unpaired) electrons. The van der Waals surface area contributed by atoms with Crippen molar-refractivity contribution in [3.63, 3.8) is 0 Å². The van der Waals surface area contributed by atoms with Gasteiger partial charge in [0.15, 0.2) is 6.73 Å². The molecule has 2 aromatic carbocycles. The average Bonchev–Trinajstić information content (AvgIpc) is 2.52. The van der Waals surface area contributed by atoms with Gasteiger partial charge in [0.05, 0.1) is 12.3 Å². The Labute approximate surface area is 137 Å². The van der Waals surface area contributed by atoms with Crippen LogP contribution < -0.4 is 20.1 Å². The molecule has 0 aliphatic rings. The number of carbonyl (C=O) groups excluding carboxylic acids is 1. The van der Waals surface area contributed by atoms with Crippen LogP contribution in [0.4, 0.5) is 10.5 Å². The lowest BCUT2D eigenvalue weighted by molar-refractivity contribution is 0.234. The first-order chi connectivity index (χ1) is 10.7. The lowest BCUT2D eigenvalue weighted by Crippen LogP contribution is -2.32. The number of halogens is 1. The van der Waals surface area contributed by atoms with Gasteiger partial charge in [-0.2, -0.15) is 0 Å². The van der Waals surface area contributed by atoms with Gasteiger partial charge in [-0.3, -0.25) is 0 Å². The molecule has 0 aromatic heterocycles. The lowest BCUT2D eigenvalue weighted by atomic mass is 10.3. The number of hydrogen-bond donors (Lipinski definition) is 2. The normalized spacial score (nSPS) is 9.91. The van der Waals surface area contributed by atoms with Crippen LogP contribution in [0.3, 0.4) is 0 Å². The van der Waals surface area contributed by atoms with Crippen LogP contribution in [0.5, 0.6) is 11.5 Å². The van der Waals surface area contributed by atoms with Crippen molar-refractivity contribution >= 4 is 27.6 Å². The fourth-order valence-corrected chi connectivity index (χ4v) is 2.10. The summed E-state index contributed by atoms with van der Waals surface area (Å²) in [6, 6.07) is 14.3. The van der Waals surface area contributed by atoms with Crippen LogP contribution in [-0.2, 0) is 0 Å². The fraction of sp³-hybridized carbons (Fsp3) is 0.188. The van der Waals surface area contributed by atoms with E-state index in [1.807, 2.05) is 37.3 Å². The van der Waals surface area contributed by atoms with E-state index in [0.717, 1.165) is 10.2 Å². The van der Waals surface area contributed by atoms with E-state index in [2.05, 4.69) is 26.6 Å². The smallest absolute Gasteiger partial charge is 0.321 e. The zero-order valence-corrected chi connectivity index (χ0v) is 13.7. The molecule has 0 aliphatic carbocycles. The fourth-order valence-electron chi connectivity index (χ4n) is 1.71. The molecular weight excluding hydrogens is 348 g/mol. The van der Waals surface area contributed by atoms with E-state index in [-0.39, 0.29) is 12.8 Å². The van der Waals surface area contributed by atoms with Gasteiger partial charge in [0.2, 0.25) is 0 Å². The minimum Gasteiger partial charge on any atom is -0.494 e. The molecular formula is C16H17BrN2O3. The van der Waals surface area contributed by atoms with Crippen molar-refractivity contribution in [3.8, 4) is 11.5 Å². The molecule has 22 heavy (non-hydrogen) atoms. The summed E-state index contributed by atoms with van der Waals surface area (Å²) >= 11 is 3.36. The molecule has 5 nitrogen and oxygen atoms in total. The van der Waals surface area contributed by atoms with Crippen LogP contribution in [-0.4, -0.2) is 19.4 Å². The number of rotatable bonds is 6. The largest absolute Gasteiger partial charge is 0.494 e. The molecule has 6 heteroatoms. The maximum Gasteiger partial charge on any atom is 0.321 e. The Balaban J connectivity index is 1.76. The Kier molecular flexibility index (Phi) is 6.09. The van der Waals surface area contributed by atoms with Gasteiger partial charge in [0.1, 0.15) is 11.5 Å². The number of carbonyl (C=O) groups is 1. The molecule has 0 aliphatic heterocycles. The van der Waals surface area contributed by atoms with Crippen LogP contribution in [0, 0.1) is 0 Å². The number of urea groups is 1. The second kappa shape index (κ2) is 8.29. The van der Waals surface area contributed by atoms with Gasteiger partial charge < -0.3 is 20.1 Å². The van der Waals surface area contributed by atoms with Crippen LogP contribution in [0.15, 0.2) is 53.0 Å². The van der Waals surface area contributed by atoms with Gasteiger partial charge in [0.25, 0.3) is 0 Å². The van der Waals surface area contributed by atoms with Gasteiger partial charge in [-0.25, -0.2) is 4.79 Å². The van der Waals surface area contributed by atoms with E-state index >= 15 is 0 Å². The van der Waals surface area contributed by atoms with Gasteiger partial charge in [0, 0.05) is 4.47 Å². The summed E-state index contributed by atoms with van der Waals surface area (Å²) < 4.78 is 11.6. The molecule has 0 saturated heterocycles. The molecule has 0 saturated carbocycles. The van der Waals surface area contributed by atoms with Gasteiger partial charge in [-0.15, -0.1) is 0 Å². The Bertz CT molecular complexity index is 617. The van der Waals surface area contributed by atoms with Crippen molar-refractivity contribution < 1.29 is 14.3 Å². The van der Waals surface area contributed by atoms with Crippen molar-refractivity contribution in [2.24, 2.45) is 0 Å². The first kappa shape index (κ1) is 16.2. The first-order valence-electron chi connectivity index (χ1n) is 6.84. The molecule has 2 aromatic rings. The van der Waals surface area contributed by atoms with E-state index in [4.69, 9.17) is 9.47 Å². The Morgan fingerprint density at radius 2 is 1.68 bits per heavy atom. The molecule has 0 unspecified atom stereocenters. The summed E-state index contributed by atoms with van der Waals surface area (Å²) in [4.78, 5) is 11.8. The van der Waals surface area contributed by atoms with Crippen molar-refractivity contribution in [1.29, 1.82) is 0 Å². The van der Waals surface area contributed by atoms with Crippen molar-refractivity contribution in [2.45, 2.75) is 6.92 Å². The number of para-hydroxylation sites is 1. The van der Waals surface area contributed by atoms with Crippen molar-refractivity contribution in [3.05, 3.63) is 53.0 Å². The summed E-state index contributed by atoms with van der Waals surface area (Å²) in [5.41, 5.74) is 0.695. The van der Waals surface area contributed by atoms with Crippen LogP contribution in [0.2, 0.25) is 0 Å². The van der Waals surface area contributed by atoms with Crippen molar-refractivity contribution in [2.75, 3.05) is 18.7 Å². The van der Waals surface area contributed by atoms with Crippen LogP contribution in [0.1, 0.15) is 6.92 Å². The van der Waals surface area contributed by atoms with Gasteiger partial charge in [-0.05, 0) is 59.3 Å². The predicted octanol–water partition coefficient (Wildman–Crippen LogP) is 4.01. The quantitative estimate of drug-likeness (QED) is 0.761. The highest BCUT2D eigenvalue weighted by Crippen LogP contribution is 2.21. The molecule has 2 N–H and O–H groups in total. The third kappa shape index (κ3) is 4.96. The number of benzene rings is 2. The van der Waals surface area contributed by atoms with Crippen LogP contribution >= 0.6 is 15.9 Å². The zero-order chi connectivity index (χ0) is 15.8. The number of anilines is 1. The molecule has 2 amide bonds. The number of hydrogen-bond acceptors (Lipinski definition) is 3. The second-order valence-electron chi connectivity index (χ2n) is 4.30. The van der Waals surface area contributed by atoms with Gasteiger partial charge in [-0.1, -0.05) is 12.1 Å². The van der Waals surface area contributed by atoms with E-state index in [1.165, 1.54) is 0 Å². The van der Waals surface area contributed by atoms with E-state index in [9.17, 15) is 4.79 Å². The minimum atomic E-state index is -0.335. The SMILES string of the molecule is CCOc1ccc(OCNC(=O)Nc2ccccc2Br)cc1. The summed E-state index contributed by atoms with van der Waals surface area (Å²) in [5, 5.41) is 5.35. The maximum atomic E-state index is 11.8. The summed E-state index contributed by atoms with van der Waals surface area (Å²) in [6.07, 6.45) is 0. The third-order valence-corrected chi connectivity index (χ3v) is 3.42.